The molecule has 8 heteroatoms. The Morgan fingerprint density at radius 2 is 1.69 bits per heavy atom. The largest absolute Gasteiger partial charge is 0.411 e. The first kappa shape index (κ1) is 25.0. The summed E-state index contributed by atoms with van der Waals surface area (Å²) in [5.74, 6) is 1.24. The normalized spacial score (nSPS) is 13.3. The molecule has 4 nitrogen and oxygen atoms in total. The molecular formula is C18H29F3IN3O. The van der Waals surface area contributed by atoms with Gasteiger partial charge in [-0.05, 0) is 30.9 Å². The smallest absolute Gasteiger partial charge is 0.367 e. The van der Waals surface area contributed by atoms with E-state index in [0.29, 0.717) is 24.1 Å². The third-order valence-electron chi connectivity index (χ3n) is 3.69. The third-order valence-corrected chi connectivity index (χ3v) is 3.69. The fourth-order valence-corrected chi connectivity index (χ4v) is 1.90. The minimum absolute atomic E-state index is 0. The number of alkyl halides is 3. The summed E-state index contributed by atoms with van der Waals surface area (Å²) in [6.45, 7) is 8.36. The summed E-state index contributed by atoms with van der Waals surface area (Å²) in [5, 5.41) is 6.56. The first-order valence-electron chi connectivity index (χ1n) is 8.48. The van der Waals surface area contributed by atoms with Crippen LogP contribution in [-0.2, 0) is 17.9 Å². The van der Waals surface area contributed by atoms with Crippen LogP contribution in [0.1, 0.15) is 38.8 Å². The van der Waals surface area contributed by atoms with Gasteiger partial charge in [-0.15, -0.1) is 24.0 Å². The number of rotatable bonds is 8. The number of nitrogens with zero attached hydrogens (tertiary/aromatic N) is 1. The number of guanidine groups is 1. The molecular weight excluding hydrogens is 458 g/mol. The molecule has 150 valence electrons. The zero-order valence-electron chi connectivity index (χ0n) is 15.7. The fraction of sp³-hybridized carbons (Fsp3) is 0.611. The van der Waals surface area contributed by atoms with Crippen LogP contribution in [0.2, 0.25) is 0 Å². The molecule has 0 saturated heterocycles. The molecule has 0 aliphatic heterocycles. The van der Waals surface area contributed by atoms with Gasteiger partial charge >= 0.3 is 6.18 Å². The Labute approximate surface area is 171 Å². The average Bonchev–Trinajstić information content (AvgIpc) is 2.52. The van der Waals surface area contributed by atoms with Crippen molar-refractivity contribution in [3.63, 3.8) is 0 Å². The SMILES string of the molecule is CCNC(=NCc1ccc(COCC(F)(F)F)cc1)NC(C)C(C)C.I. The van der Waals surface area contributed by atoms with Gasteiger partial charge in [-0.25, -0.2) is 4.99 Å². The van der Waals surface area contributed by atoms with E-state index in [0.717, 1.165) is 18.1 Å². The van der Waals surface area contributed by atoms with E-state index in [1.807, 2.05) is 19.1 Å². The minimum Gasteiger partial charge on any atom is -0.367 e. The van der Waals surface area contributed by atoms with Gasteiger partial charge in [0, 0.05) is 12.6 Å². The van der Waals surface area contributed by atoms with Crippen molar-refractivity contribution in [3.8, 4) is 0 Å². The maximum absolute atomic E-state index is 12.0. The molecule has 0 radical (unpaired) electrons. The molecule has 1 unspecified atom stereocenters. The van der Waals surface area contributed by atoms with E-state index in [4.69, 9.17) is 0 Å². The lowest BCUT2D eigenvalue weighted by atomic mass is 10.1. The van der Waals surface area contributed by atoms with Crippen LogP contribution in [-0.4, -0.2) is 31.3 Å². The molecule has 0 aliphatic carbocycles. The molecule has 0 aromatic heterocycles. The monoisotopic (exact) mass is 487 g/mol. The Morgan fingerprint density at radius 3 is 2.19 bits per heavy atom. The Hall–Kier alpha value is -1.03. The number of ether oxygens (including phenoxy) is 1. The van der Waals surface area contributed by atoms with Gasteiger partial charge in [-0.2, -0.15) is 13.2 Å². The second-order valence-electron chi connectivity index (χ2n) is 6.30. The lowest BCUT2D eigenvalue weighted by Crippen LogP contribution is -2.44. The minimum atomic E-state index is -4.29. The lowest BCUT2D eigenvalue weighted by Gasteiger charge is -2.20. The molecule has 1 rings (SSSR count). The molecule has 1 aromatic rings. The van der Waals surface area contributed by atoms with Gasteiger partial charge in [-0.1, -0.05) is 38.1 Å². The Bertz CT molecular complexity index is 533. The predicted molar refractivity (Wildman–Crippen MR) is 110 cm³/mol. The Kier molecular flexibility index (Phi) is 11.9. The molecule has 0 heterocycles. The van der Waals surface area contributed by atoms with E-state index in [9.17, 15) is 13.2 Å². The van der Waals surface area contributed by atoms with E-state index < -0.39 is 12.8 Å². The molecule has 1 aromatic carbocycles. The lowest BCUT2D eigenvalue weighted by molar-refractivity contribution is -0.176. The topological polar surface area (TPSA) is 45.7 Å². The van der Waals surface area contributed by atoms with Gasteiger partial charge in [0.1, 0.15) is 6.61 Å². The number of nitrogens with one attached hydrogen (secondary N) is 2. The highest BCUT2D eigenvalue weighted by Gasteiger charge is 2.27. The summed E-state index contributed by atoms with van der Waals surface area (Å²) in [4.78, 5) is 4.54. The van der Waals surface area contributed by atoms with Crippen LogP contribution in [0.15, 0.2) is 29.3 Å². The van der Waals surface area contributed by atoms with E-state index in [1.54, 1.807) is 12.1 Å². The molecule has 0 spiro atoms. The van der Waals surface area contributed by atoms with Crippen molar-refractivity contribution in [2.24, 2.45) is 10.9 Å². The average molecular weight is 487 g/mol. The maximum Gasteiger partial charge on any atom is 0.411 e. The number of halogens is 4. The quantitative estimate of drug-likeness (QED) is 0.323. The standard InChI is InChI=1S/C18H28F3N3O.HI/c1-5-22-17(24-14(4)13(2)3)23-10-15-6-8-16(9-7-15)11-25-12-18(19,20)21;/h6-9,13-14H,5,10-12H2,1-4H3,(H2,22,23,24);1H. The first-order chi connectivity index (χ1) is 11.7. The van der Waals surface area contributed by atoms with E-state index >= 15 is 0 Å². The molecule has 0 aliphatic rings. The number of benzene rings is 1. The number of hydrogen-bond donors (Lipinski definition) is 2. The van der Waals surface area contributed by atoms with Crippen LogP contribution in [0.25, 0.3) is 0 Å². The van der Waals surface area contributed by atoms with Crippen molar-refractivity contribution in [1.29, 1.82) is 0 Å². The summed E-state index contributed by atoms with van der Waals surface area (Å²) in [5.41, 5.74) is 1.68. The number of hydrogen-bond acceptors (Lipinski definition) is 2. The van der Waals surface area contributed by atoms with Crippen LogP contribution in [0, 0.1) is 5.92 Å². The third kappa shape index (κ3) is 10.8. The highest BCUT2D eigenvalue weighted by Crippen LogP contribution is 2.16. The molecule has 1 atom stereocenters. The van der Waals surface area contributed by atoms with Crippen molar-refractivity contribution in [3.05, 3.63) is 35.4 Å². The second-order valence-corrected chi connectivity index (χ2v) is 6.30. The Morgan fingerprint density at radius 1 is 1.12 bits per heavy atom. The molecule has 2 N–H and O–H groups in total. The van der Waals surface area contributed by atoms with Crippen LogP contribution < -0.4 is 10.6 Å². The summed E-state index contributed by atoms with van der Waals surface area (Å²) >= 11 is 0. The van der Waals surface area contributed by atoms with Crippen molar-refractivity contribution >= 4 is 29.9 Å². The molecule has 0 saturated carbocycles. The predicted octanol–water partition coefficient (Wildman–Crippen LogP) is 4.48. The zero-order valence-corrected chi connectivity index (χ0v) is 18.0. The second kappa shape index (κ2) is 12.4. The summed E-state index contributed by atoms with van der Waals surface area (Å²) in [7, 11) is 0. The van der Waals surface area contributed by atoms with Gasteiger partial charge in [0.15, 0.2) is 5.96 Å². The summed E-state index contributed by atoms with van der Waals surface area (Å²) < 4.78 is 40.8. The first-order valence-corrected chi connectivity index (χ1v) is 8.48. The molecule has 0 fully saturated rings. The maximum atomic E-state index is 12.0. The van der Waals surface area contributed by atoms with Crippen molar-refractivity contribution in [2.75, 3.05) is 13.2 Å². The van der Waals surface area contributed by atoms with E-state index in [-0.39, 0.29) is 30.6 Å². The summed E-state index contributed by atoms with van der Waals surface area (Å²) in [6.07, 6.45) is -4.29. The molecule has 26 heavy (non-hydrogen) atoms. The van der Waals surface area contributed by atoms with Crippen molar-refractivity contribution < 1.29 is 17.9 Å². The highest BCUT2D eigenvalue weighted by molar-refractivity contribution is 14.0. The summed E-state index contributed by atoms with van der Waals surface area (Å²) in [6, 6.07) is 7.53. The zero-order chi connectivity index (χ0) is 18.9. The van der Waals surface area contributed by atoms with Gasteiger partial charge in [0.25, 0.3) is 0 Å². The van der Waals surface area contributed by atoms with Crippen LogP contribution >= 0.6 is 24.0 Å². The highest BCUT2D eigenvalue weighted by atomic mass is 127. The molecule has 0 bridgehead atoms. The number of aliphatic imine (C=N–C) groups is 1. The fourth-order valence-electron chi connectivity index (χ4n) is 1.90. The van der Waals surface area contributed by atoms with Gasteiger partial charge in [0.2, 0.25) is 0 Å². The van der Waals surface area contributed by atoms with E-state index in [2.05, 4.69) is 41.1 Å². The Balaban J connectivity index is 0.00000625. The van der Waals surface area contributed by atoms with Gasteiger partial charge < -0.3 is 15.4 Å². The van der Waals surface area contributed by atoms with Crippen molar-refractivity contribution in [1.82, 2.24) is 10.6 Å². The van der Waals surface area contributed by atoms with Crippen LogP contribution in [0.3, 0.4) is 0 Å². The van der Waals surface area contributed by atoms with Crippen LogP contribution in [0.5, 0.6) is 0 Å². The van der Waals surface area contributed by atoms with Gasteiger partial charge in [-0.3, -0.25) is 0 Å². The van der Waals surface area contributed by atoms with E-state index in [1.165, 1.54) is 0 Å². The van der Waals surface area contributed by atoms with Gasteiger partial charge in [0.05, 0.1) is 13.2 Å². The van der Waals surface area contributed by atoms with Crippen molar-refractivity contribution in [2.45, 2.75) is 53.1 Å². The van der Waals surface area contributed by atoms with Crippen LogP contribution in [0.4, 0.5) is 13.2 Å². The molecule has 0 amide bonds.